The zero-order valence-electron chi connectivity index (χ0n) is 20.2. The number of fused-ring (bicyclic) bond motifs is 1. The van der Waals surface area contributed by atoms with Crippen molar-refractivity contribution in [3.05, 3.63) is 53.7 Å². The molecule has 1 amide bonds. The van der Waals surface area contributed by atoms with E-state index in [1.54, 1.807) is 4.68 Å². The number of aliphatic hydroxyl groups is 1. The van der Waals surface area contributed by atoms with E-state index in [1.165, 1.54) is 6.42 Å². The summed E-state index contributed by atoms with van der Waals surface area (Å²) < 4.78 is 7.62. The molecule has 8 heteroatoms. The molecule has 0 radical (unpaired) electrons. The molecule has 3 N–H and O–H groups in total. The van der Waals surface area contributed by atoms with Crippen molar-refractivity contribution in [3.63, 3.8) is 0 Å². The lowest BCUT2D eigenvalue weighted by atomic mass is 9.96. The van der Waals surface area contributed by atoms with E-state index in [0.717, 1.165) is 42.9 Å². The molecule has 2 saturated heterocycles. The molecular weight excluding hydrogens is 442 g/mol. The lowest BCUT2D eigenvalue weighted by Crippen LogP contribution is -2.39. The number of nitrogens with zero attached hydrogens (tertiary/aromatic N) is 4. The molecule has 3 aromatic rings. The van der Waals surface area contributed by atoms with Gasteiger partial charge in [0.25, 0.3) is 5.91 Å². The maximum Gasteiger partial charge on any atom is 0.269 e. The van der Waals surface area contributed by atoms with Crippen LogP contribution in [0.3, 0.4) is 0 Å². The minimum Gasteiger partial charge on any atom is -0.492 e. The number of rotatable bonds is 6. The largest absolute Gasteiger partial charge is 0.492 e. The Kier molecular flexibility index (Phi) is 6.24. The number of benzene rings is 2. The summed E-state index contributed by atoms with van der Waals surface area (Å²) in [5.41, 5.74) is 7.08. The molecule has 182 valence electrons. The van der Waals surface area contributed by atoms with Gasteiger partial charge < -0.3 is 15.6 Å². The maximum atomic E-state index is 12.2. The van der Waals surface area contributed by atoms with Crippen LogP contribution in [0.5, 0.6) is 5.75 Å². The number of hydrogen-bond acceptors (Lipinski definition) is 6. The monoisotopic (exact) mass is 473 g/mol. The van der Waals surface area contributed by atoms with E-state index in [4.69, 9.17) is 10.5 Å². The van der Waals surface area contributed by atoms with Crippen LogP contribution >= 0.6 is 0 Å². The van der Waals surface area contributed by atoms with Gasteiger partial charge in [-0.05, 0) is 69.9 Å². The minimum atomic E-state index is -1.03. The molecule has 2 aliphatic heterocycles. The van der Waals surface area contributed by atoms with Gasteiger partial charge in [-0.25, -0.2) is 4.68 Å². The van der Waals surface area contributed by atoms with Crippen LogP contribution in [0.2, 0.25) is 0 Å². The average molecular weight is 474 g/mol. The standard InChI is InChI=1S/C27H31N5O3/c1-19-27(34,11-14-30(19)2)10-9-20-5-3-6-21(17-20)32-24-8-7-22(35-16-15-31-12-4-13-31)18-23(24)25(29-32)26(28)33/h3,5-8,17-19,34H,4,11-16H2,1-2H3,(H2,28,33)/t19?,27-/m0/s1. The highest BCUT2D eigenvalue weighted by atomic mass is 16.5. The number of likely N-dealkylation sites (tertiary alicyclic amines) is 2. The van der Waals surface area contributed by atoms with Crippen LogP contribution in [-0.2, 0) is 0 Å². The summed E-state index contributed by atoms with van der Waals surface area (Å²) in [4.78, 5) is 16.6. The van der Waals surface area contributed by atoms with E-state index in [-0.39, 0.29) is 11.7 Å². The van der Waals surface area contributed by atoms with Crippen LogP contribution in [0.15, 0.2) is 42.5 Å². The number of ether oxygens (including phenoxy) is 1. The molecule has 1 aromatic heterocycles. The number of amides is 1. The Morgan fingerprint density at radius 2 is 2.09 bits per heavy atom. The predicted molar refractivity (Wildman–Crippen MR) is 135 cm³/mol. The van der Waals surface area contributed by atoms with Crippen LogP contribution in [0.1, 0.15) is 35.8 Å². The number of carbonyl (C=O) groups is 1. The lowest BCUT2D eigenvalue weighted by molar-refractivity contribution is 0.0711. The smallest absolute Gasteiger partial charge is 0.269 e. The van der Waals surface area contributed by atoms with Gasteiger partial charge >= 0.3 is 0 Å². The minimum absolute atomic E-state index is 0.0336. The highest BCUT2D eigenvalue weighted by Gasteiger charge is 2.40. The molecular formula is C27H31N5O3. The van der Waals surface area contributed by atoms with Crippen LogP contribution in [0, 0.1) is 11.8 Å². The summed E-state index contributed by atoms with van der Waals surface area (Å²) in [7, 11) is 1.99. The number of likely N-dealkylation sites (N-methyl/N-ethyl adjacent to an activating group) is 1. The zero-order chi connectivity index (χ0) is 24.6. The molecule has 2 atom stereocenters. The van der Waals surface area contributed by atoms with E-state index in [1.807, 2.05) is 56.4 Å². The zero-order valence-corrected chi connectivity index (χ0v) is 20.2. The Balaban J connectivity index is 1.43. The Hall–Kier alpha value is -3.38. The van der Waals surface area contributed by atoms with Gasteiger partial charge in [0.15, 0.2) is 5.69 Å². The first-order chi connectivity index (χ1) is 16.8. The number of hydrogen-bond donors (Lipinski definition) is 2. The van der Waals surface area contributed by atoms with Crippen molar-refractivity contribution in [2.75, 3.05) is 39.8 Å². The van der Waals surface area contributed by atoms with Crippen LogP contribution in [0.25, 0.3) is 16.6 Å². The normalized spacial score (nSPS) is 22.5. The summed E-state index contributed by atoms with van der Waals surface area (Å²) in [6.45, 7) is 6.53. The van der Waals surface area contributed by atoms with Gasteiger partial charge in [-0.1, -0.05) is 17.9 Å². The fourth-order valence-electron chi connectivity index (χ4n) is 4.64. The summed E-state index contributed by atoms with van der Waals surface area (Å²) in [5.74, 6) is 6.30. The molecule has 8 nitrogen and oxygen atoms in total. The molecule has 2 aromatic carbocycles. The lowest BCUT2D eigenvalue weighted by Gasteiger charge is -2.30. The van der Waals surface area contributed by atoms with E-state index < -0.39 is 11.5 Å². The van der Waals surface area contributed by atoms with Crippen molar-refractivity contribution in [1.82, 2.24) is 19.6 Å². The molecule has 0 bridgehead atoms. The van der Waals surface area contributed by atoms with Crippen molar-refractivity contribution in [1.29, 1.82) is 0 Å². The second-order valence-electron chi connectivity index (χ2n) is 9.48. The molecule has 0 spiro atoms. The van der Waals surface area contributed by atoms with E-state index >= 15 is 0 Å². The van der Waals surface area contributed by atoms with Gasteiger partial charge in [0.05, 0.1) is 11.2 Å². The molecule has 0 saturated carbocycles. The molecule has 35 heavy (non-hydrogen) atoms. The van der Waals surface area contributed by atoms with Crippen molar-refractivity contribution >= 4 is 16.8 Å². The topological polar surface area (TPSA) is 96.8 Å². The Labute approximate surface area is 205 Å². The highest BCUT2D eigenvalue weighted by molar-refractivity contribution is 6.04. The SMILES string of the molecule is CC1N(C)CC[C@@]1(O)C#Cc1cccc(-n2nc(C(N)=O)c3cc(OCCN4CCC4)ccc32)c1. The van der Waals surface area contributed by atoms with Gasteiger partial charge in [0, 0.05) is 36.5 Å². The highest BCUT2D eigenvalue weighted by Crippen LogP contribution is 2.28. The third-order valence-electron chi connectivity index (χ3n) is 7.22. The molecule has 2 aliphatic rings. The van der Waals surface area contributed by atoms with Gasteiger partial charge in [0.2, 0.25) is 0 Å². The molecule has 0 aliphatic carbocycles. The second kappa shape index (κ2) is 9.34. The van der Waals surface area contributed by atoms with Gasteiger partial charge in [-0.15, -0.1) is 0 Å². The van der Waals surface area contributed by atoms with Crippen molar-refractivity contribution in [2.45, 2.75) is 31.4 Å². The quantitative estimate of drug-likeness (QED) is 0.532. The van der Waals surface area contributed by atoms with E-state index in [9.17, 15) is 9.90 Å². The Bertz CT molecular complexity index is 1320. The van der Waals surface area contributed by atoms with Gasteiger partial charge in [0.1, 0.15) is 18.0 Å². The second-order valence-corrected chi connectivity index (χ2v) is 9.48. The van der Waals surface area contributed by atoms with Crippen molar-refractivity contribution in [2.24, 2.45) is 5.73 Å². The predicted octanol–water partition coefficient (Wildman–Crippen LogP) is 2.02. The van der Waals surface area contributed by atoms with Gasteiger partial charge in [-0.2, -0.15) is 5.10 Å². The third-order valence-corrected chi connectivity index (χ3v) is 7.22. The van der Waals surface area contributed by atoms with Crippen molar-refractivity contribution in [3.8, 4) is 23.3 Å². The molecule has 5 rings (SSSR count). The van der Waals surface area contributed by atoms with Crippen LogP contribution in [0.4, 0.5) is 0 Å². The molecule has 1 unspecified atom stereocenters. The average Bonchev–Trinajstić information content (AvgIpc) is 3.33. The summed E-state index contributed by atoms with van der Waals surface area (Å²) in [5, 5.41) is 16.1. The fourth-order valence-corrected chi connectivity index (χ4v) is 4.64. The fraction of sp³-hybridized carbons (Fsp3) is 0.407. The number of primary amides is 1. The molecule has 2 fully saturated rings. The van der Waals surface area contributed by atoms with Crippen LogP contribution in [-0.4, -0.2) is 82.1 Å². The summed E-state index contributed by atoms with van der Waals surface area (Å²) in [6, 6.07) is 13.2. The van der Waals surface area contributed by atoms with Crippen LogP contribution < -0.4 is 10.5 Å². The first-order valence-electron chi connectivity index (χ1n) is 12.1. The first-order valence-corrected chi connectivity index (χ1v) is 12.1. The first kappa shape index (κ1) is 23.4. The maximum absolute atomic E-state index is 12.2. The van der Waals surface area contributed by atoms with E-state index in [0.29, 0.717) is 24.2 Å². The van der Waals surface area contributed by atoms with E-state index in [2.05, 4.69) is 26.7 Å². The number of carbonyl (C=O) groups excluding carboxylic acids is 1. The van der Waals surface area contributed by atoms with Gasteiger partial charge in [-0.3, -0.25) is 14.6 Å². The Morgan fingerprint density at radius 1 is 1.26 bits per heavy atom. The molecule has 3 heterocycles. The summed E-state index contributed by atoms with van der Waals surface area (Å²) >= 11 is 0. The van der Waals surface area contributed by atoms with Crippen molar-refractivity contribution < 1.29 is 14.6 Å². The number of nitrogens with two attached hydrogens (primary N) is 1. The Morgan fingerprint density at radius 3 is 2.77 bits per heavy atom. The summed E-state index contributed by atoms with van der Waals surface area (Å²) in [6.07, 6.45) is 1.86. The number of aromatic nitrogens is 2. The third kappa shape index (κ3) is 4.63.